The Morgan fingerprint density at radius 2 is 1.80 bits per heavy atom. The van der Waals surface area contributed by atoms with Crippen LogP contribution in [0.15, 0.2) is 28.2 Å². The number of imide groups is 2. The number of hydrogen-bond donors (Lipinski definition) is 2. The van der Waals surface area contributed by atoms with Crippen LogP contribution < -0.4 is 15.4 Å². The molecule has 1 saturated heterocycles. The lowest BCUT2D eigenvalue weighted by Crippen LogP contribution is -2.51. The molecule has 0 saturated carbocycles. The molecule has 1 aromatic rings. The van der Waals surface area contributed by atoms with E-state index in [1.807, 2.05) is 17.6 Å². The third-order valence-electron chi connectivity index (χ3n) is 2.46. The molecule has 4 amide bonds. The van der Waals surface area contributed by atoms with Gasteiger partial charge in [-0.05, 0) is 36.8 Å². The van der Waals surface area contributed by atoms with Crippen molar-refractivity contribution in [3.8, 4) is 5.75 Å². The number of urea groups is 1. The van der Waals surface area contributed by atoms with Crippen molar-refractivity contribution in [2.75, 3.05) is 6.61 Å². The van der Waals surface area contributed by atoms with E-state index in [-0.39, 0.29) is 5.57 Å². The van der Waals surface area contributed by atoms with Crippen molar-refractivity contribution in [2.24, 2.45) is 0 Å². The van der Waals surface area contributed by atoms with Gasteiger partial charge in [-0.1, -0.05) is 15.9 Å². The number of nitrogens with one attached hydrogen (secondary N) is 2. The van der Waals surface area contributed by atoms with Crippen LogP contribution in [0.1, 0.15) is 12.5 Å². The summed E-state index contributed by atoms with van der Waals surface area (Å²) >= 11 is 3.32. The number of barbiturate groups is 1. The van der Waals surface area contributed by atoms with Gasteiger partial charge in [0, 0.05) is 4.47 Å². The Morgan fingerprint density at radius 1 is 1.15 bits per heavy atom. The molecular formula is C13H11BrN2O4. The molecule has 20 heavy (non-hydrogen) atoms. The Hall–Kier alpha value is -2.15. The van der Waals surface area contributed by atoms with E-state index in [0.717, 1.165) is 4.47 Å². The molecule has 0 atom stereocenters. The highest BCUT2D eigenvalue weighted by Crippen LogP contribution is 2.23. The van der Waals surface area contributed by atoms with E-state index in [2.05, 4.69) is 15.9 Å². The van der Waals surface area contributed by atoms with Crippen molar-refractivity contribution in [3.63, 3.8) is 0 Å². The van der Waals surface area contributed by atoms with Gasteiger partial charge in [0.05, 0.1) is 6.61 Å². The van der Waals surface area contributed by atoms with Crippen LogP contribution in [0.2, 0.25) is 0 Å². The molecular weight excluding hydrogens is 328 g/mol. The summed E-state index contributed by atoms with van der Waals surface area (Å²) in [6.45, 7) is 2.36. The molecule has 0 spiro atoms. The monoisotopic (exact) mass is 338 g/mol. The maximum atomic E-state index is 11.6. The molecule has 2 N–H and O–H groups in total. The lowest BCUT2D eigenvalue weighted by molar-refractivity contribution is -0.123. The number of carbonyl (C=O) groups is 3. The summed E-state index contributed by atoms with van der Waals surface area (Å²) in [7, 11) is 0. The van der Waals surface area contributed by atoms with Crippen molar-refractivity contribution in [3.05, 3.63) is 33.8 Å². The fraction of sp³-hybridized carbons (Fsp3) is 0.154. The first-order chi connectivity index (χ1) is 9.49. The summed E-state index contributed by atoms with van der Waals surface area (Å²) in [5, 5.41) is 4.03. The highest BCUT2D eigenvalue weighted by molar-refractivity contribution is 9.10. The first-order valence-corrected chi connectivity index (χ1v) is 6.60. The molecule has 0 radical (unpaired) electrons. The number of hydrogen-bond acceptors (Lipinski definition) is 4. The number of rotatable bonds is 3. The SMILES string of the molecule is CCOc1cc(Br)cc(C=C2C(=O)NC(=O)NC2=O)c1. The van der Waals surface area contributed by atoms with Crippen LogP contribution in [0.4, 0.5) is 4.79 Å². The number of amides is 4. The molecule has 104 valence electrons. The van der Waals surface area contributed by atoms with Crippen LogP contribution in [0.3, 0.4) is 0 Å². The Balaban J connectivity index is 2.36. The third-order valence-corrected chi connectivity index (χ3v) is 2.92. The van der Waals surface area contributed by atoms with Crippen LogP contribution in [-0.4, -0.2) is 24.5 Å². The van der Waals surface area contributed by atoms with Crippen LogP contribution in [-0.2, 0) is 9.59 Å². The van der Waals surface area contributed by atoms with Gasteiger partial charge in [-0.25, -0.2) is 4.79 Å². The van der Waals surface area contributed by atoms with Crippen LogP contribution in [0, 0.1) is 0 Å². The predicted molar refractivity (Wildman–Crippen MR) is 75.0 cm³/mol. The van der Waals surface area contributed by atoms with E-state index in [4.69, 9.17) is 4.74 Å². The van der Waals surface area contributed by atoms with Gasteiger partial charge in [-0.2, -0.15) is 0 Å². The van der Waals surface area contributed by atoms with Gasteiger partial charge in [-0.15, -0.1) is 0 Å². The summed E-state index contributed by atoms with van der Waals surface area (Å²) < 4.78 is 6.13. The van der Waals surface area contributed by atoms with Gasteiger partial charge in [0.15, 0.2) is 0 Å². The summed E-state index contributed by atoms with van der Waals surface area (Å²) in [5.74, 6) is -0.838. The van der Waals surface area contributed by atoms with Gasteiger partial charge < -0.3 is 4.74 Å². The Kier molecular flexibility index (Phi) is 4.19. The fourth-order valence-corrected chi connectivity index (χ4v) is 2.18. The smallest absolute Gasteiger partial charge is 0.328 e. The summed E-state index contributed by atoms with van der Waals surface area (Å²) in [5.41, 5.74) is 0.475. The minimum atomic E-state index is -0.818. The minimum Gasteiger partial charge on any atom is -0.494 e. The van der Waals surface area contributed by atoms with Crippen molar-refractivity contribution in [1.29, 1.82) is 0 Å². The molecule has 0 aromatic heterocycles. The van der Waals surface area contributed by atoms with Crippen LogP contribution >= 0.6 is 15.9 Å². The summed E-state index contributed by atoms with van der Waals surface area (Å²) in [6.07, 6.45) is 1.39. The standard InChI is InChI=1S/C13H11BrN2O4/c1-2-20-9-4-7(3-8(14)6-9)5-10-11(17)15-13(19)16-12(10)18/h3-6H,2H2,1H3,(H2,15,16,17,18,19). The molecule has 2 rings (SSSR count). The second kappa shape index (κ2) is 5.87. The van der Waals surface area contributed by atoms with E-state index < -0.39 is 17.8 Å². The van der Waals surface area contributed by atoms with E-state index in [1.54, 1.807) is 18.2 Å². The molecule has 7 heteroatoms. The van der Waals surface area contributed by atoms with E-state index in [1.165, 1.54) is 6.08 Å². The topological polar surface area (TPSA) is 84.5 Å². The minimum absolute atomic E-state index is 0.134. The molecule has 0 aliphatic carbocycles. The second-order valence-corrected chi connectivity index (χ2v) is 4.86. The average Bonchev–Trinajstić information content (AvgIpc) is 2.33. The second-order valence-electron chi connectivity index (χ2n) is 3.95. The van der Waals surface area contributed by atoms with E-state index in [9.17, 15) is 14.4 Å². The fourth-order valence-electron chi connectivity index (χ4n) is 1.69. The molecule has 1 aliphatic heterocycles. The number of halogens is 1. The largest absolute Gasteiger partial charge is 0.494 e. The molecule has 1 aliphatic rings. The van der Waals surface area contributed by atoms with Gasteiger partial charge >= 0.3 is 6.03 Å². The zero-order valence-electron chi connectivity index (χ0n) is 10.5. The molecule has 1 aromatic carbocycles. The molecule has 1 heterocycles. The Morgan fingerprint density at radius 3 is 2.40 bits per heavy atom. The number of benzene rings is 1. The van der Waals surface area contributed by atoms with Crippen molar-refractivity contribution >= 4 is 39.9 Å². The summed E-state index contributed by atoms with van der Waals surface area (Å²) in [6, 6.07) is 4.38. The van der Waals surface area contributed by atoms with Crippen molar-refractivity contribution in [2.45, 2.75) is 6.92 Å². The predicted octanol–water partition coefficient (Wildman–Crippen LogP) is 1.60. The van der Waals surface area contributed by atoms with E-state index in [0.29, 0.717) is 17.9 Å². The van der Waals surface area contributed by atoms with Crippen molar-refractivity contribution in [1.82, 2.24) is 10.6 Å². The van der Waals surface area contributed by atoms with Crippen LogP contribution in [0.5, 0.6) is 5.75 Å². The zero-order valence-corrected chi connectivity index (χ0v) is 12.1. The maximum Gasteiger partial charge on any atom is 0.328 e. The lowest BCUT2D eigenvalue weighted by Gasteiger charge is -2.14. The molecule has 1 fully saturated rings. The number of ether oxygens (including phenoxy) is 1. The number of carbonyl (C=O) groups excluding carboxylic acids is 3. The quantitative estimate of drug-likeness (QED) is 0.647. The third kappa shape index (κ3) is 3.24. The van der Waals surface area contributed by atoms with E-state index >= 15 is 0 Å². The first-order valence-electron chi connectivity index (χ1n) is 5.81. The molecule has 0 bridgehead atoms. The summed E-state index contributed by atoms with van der Waals surface area (Å²) in [4.78, 5) is 34.2. The molecule has 6 nitrogen and oxygen atoms in total. The van der Waals surface area contributed by atoms with Gasteiger partial charge in [0.2, 0.25) is 0 Å². The zero-order chi connectivity index (χ0) is 14.7. The Labute approximate surface area is 123 Å². The molecule has 0 unspecified atom stereocenters. The van der Waals surface area contributed by atoms with Gasteiger partial charge in [0.1, 0.15) is 11.3 Å². The first kappa shape index (κ1) is 14.3. The van der Waals surface area contributed by atoms with Gasteiger partial charge in [-0.3, -0.25) is 20.2 Å². The maximum absolute atomic E-state index is 11.6. The van der Waals surface area contributed by atoms with Gasteiger partial charge in [0.25, 0.3) is 11.8 Å². The van der Waals surface area contributed by atoms with Crippen molar-refractivity contribution < 1.29 is 19.1 Å². The lowest BCUT2D eigenvalue weighted by atomic mass is 10.1. The highest BCUT2D eigenvalue weighted by atomic mass is 79.9. The Bertz CT molecular complexity index is 603. The normalized spacial score (nSPS) is 14.7. The average molecular weight is 339 g/mol. The van der Waals surface area contributed by atoms with Crippen LogP contribution in [0.25, 0.3) is 6.08 Å². The highest BCUT2D eigenvalue weighted by Gasteiger charge is 2.27.